The average Bonchev–Trinajstić information content (AvgIpc) is 3.05. The van der Waals surface area contributed by atoms with Gasteiger partial charge in [0.2, 0.25) is 0 Å². The zero-order chi connectivity index (χ0) is 15.5. The van der Waals surface area contributed by atoms with Gasteiger partial charge in [-0.25, -0.2) is 0 Å². The molecule has 118 valence electrons. The maximum absolute atomic E-state index is 5.41. The van der Waals surface area contributed by atoms with Crippen LogP contribution in [0.2, 0.25) is 0 Å². The van der Waals surface area contributed by atoms with Gasteiger partial charge in [0.25, 0.3) is 0 Å². The molecule has 1 aliphatic heterocycles. The molecule has 1 fully saturated rings. The summed E-state index contributed by atoms with van der Waals surface area (Å²) in [5, 5.41) is 1.20. The van der Waals surface area contributed by atoms with Crippen LogP contribution in [0.15, 0.2) is 65.3 Å². The molecular formula is C20H22N2O. The van der Waals surface area contributed by atoms with Gasteiger partial charge < -0.3 is 4.42 Å². The number of nitrogens with zero attached hydrogens (tertiary/aromatic N) is 2. The summed E-state index contributed by atoms with van der Waals surface area (Å²) < 4.78 is 5.41. The first-order valence-electron chi connectivity index (χ1n) is 8.32. The molecule has 1 aliphatic rings. The second-order valence-corrected chi connectivity index (χ2v) is 6.33. The van der Waals surface area contributed by atoms with Gasteiger partial charge in [-0.2, -0.15) is 0 Å². The quantitative estimate of drug-likeness (QED) is 0.732. The molecule has 0 spiro atoms. The van der Waals surface area contributed by atoms with Gasteiger partial charge in [-0.05, 0) is 29.3 Å². The van der Waals surface area contributed by atoms with Gasteiger partial charge >= 0.3 is 0 Å². The summed E-state index contributed by atoms with van der Waals surface area (Å²) in [6.45, 7) is 6.65. The molecule has 2 heterocycles. The van der Waals surface area contributed by atoms with Crippen LogP contribution in [-0.2, 0) is 13.1 Å². The molecule has 0 unspecified atom stereocenters. The largest absolute Gasteiger partial charge is 0.464 e. The smallest absolute Gasteiger partial charge is 0.133 e. The normalized spacial score (nSPS) is 16.9. The topological polar surface area (TPSA) is 19.6 Å². The zero-order valence-electron chi connectivity index (χ0n) is 13.3. The van der Waals surface area contributed by atoms with E-state index in [1.807, 2.05) is 6.07 Å². The van der Waals surface area contributed by atoms with E-state index < -0.39 is 0 Å². The number of rotatable bonds is 4. The predicted octanol–water partition coefficient (Wildman–Crippen LogP) is 3.75. The van der Waals surface area contributed by atoms with Crippen LogP contribution in [0.3, 0.4) is 0 Å². The molecule has 0 aliphatic carbocycles. The molecule has 0 amide bonds. The van der Waals surface area contributed by atoms with E-state index in [9.17, 15) is 0 Å². The van der Waals surface area contributed by atoms with E-state index in [0.717, 1.165) is 44.9 Å². The molecule has 0 atom stereocenters. The Hall–Kier alpha value is -2.10. The highest BCUT2D eigenvalue weighted by atomic mass is 16.3. The highest BCUT2D eigenvalue weighted by Crippen LogP contribution is 2.19. The van der Waals surface area contributed by atoms with Gasteiger partial charge in [-0.3, -0.25) is 9.80 Å². The Morgan fingerprint density at radius 2 is 1.43 bits per heavy atom. The number of hydrogen-bond donors (Lipinski definition) is 0. The van der Waals surface area contributed by atoms with Gasteiger partial charge in [0.1, 0.15) is 5.58 Å². The molecule has 1 saturated heterocycles. The Bertz CT molecular complexity index is 757. The van der Waals surface area contributed by atoms with Crippen molar-refractivity contribution in [1.82, 2.24) is 9.80 Å². The zero-order valence-corrected chi connectivity index (χ0v) is 13.3. The standard InChI is InChI=1S/C20H22N2O/c1-2-4-17(5-3-1)15-21-9-11-22(12-10-21)16-18-6-7-20-19(14-18)8-13-23-20/h1-8,13-14H,9-12,15-16H2. The minimum atomic E-state index is 0.974. The van der Waals surface area contributed by atoms with Crippen molar-refractivity contribution in [3.05, 3.63) is 72.0 Å². The van der Waals surface area contributed by atoms with Crippen LogP contribution in [0.25, 0.3) is 11.0 Å². The van der Waals surface area contributed by atoms with Crippen LogP contribution in [0, 0.1) is 0 Å². The molecule has 4 rings (SSSR count). The van der Waals surface area contributed by atoms with E-state index in [1.165, 1.54) is 16.5 Å². The van der Waals surface area contributed by atoms with Crippen LogP contribution in [0.5, 0.6) is 0 Å². The Labute approximate surface area is 137 Å². The van der Waals surface area contributed by atoms with Gasteiger partial charge in [0.15, 0.2) is 0 Å². The van der Waals surface area contributed by atoms with Crippen LogP contribution < -0.4 is 0 Å². The Balaban J connectivity index is 1.32. The lowest BCUT2D eigenvalue weighted by Gasteiger charge is -2.34. The second-order valence-electron chi connectivity index (χ2n) is 6.33. The van der Waals surface area contributed by atoms with Gasteiger partial charge in [-0.1, -0.05) is 36.4 Å². The fourth-order valence-electron chi connectivity index (χ4n) is 3.32. The summed E-state index contributed by atoms with van der Waals surface area (Å²) in [4.78, 5) is 5.09. The van der Waals surface area contributed by atoms with Crippen molar-refractivity contribution in [3.8, 4) is 0 Å². The third-order valence-corrected chi connectivity index (χ3v) is 4.64. The summed E-state index contributed by atoms with van der Waals surface area (Å²) in [5.74, 6) is 0. The molecule has 3 aromatic rings. The Morgan fingerprint density at radius 1 is 0.739 bits per heavy atom. The first-order valence-corrected chi connectivity index (χ1v) is 8.32. The minimum Gasteiger partial charge on any atom is -0.464 e. The minimum absolute atomic E-state index is 0.974. The Kier molecular flexibility index (Phi) is 4.14. The number of furan rings is 1. The first-order chi connectivity index (χ1) is 11.4. The van der Waals surface area contributed by atoms with Crippen molar-refractivity contribution in [2.45, 2.75) is 13.1 Å². The van der Waals surface area contributed by atoms with E-state index >= 15 is 0 Å². The SMILES string of the molecule is c1ccc(CN2CCN(Cc3ccc4occc4c3)CC2)cc1. The maximum Gasteiger partial charge on any atom is 0.133 e. The molecule has 3 nitrogen and oxygen atoms in total. The van der Waals surface area contributed by atoms with Crippen molar-refractivity contribution in [2.75, 3.05) is 26.2 Å². The van der Waals surface area contributed by atoms with Crippen molar-refractivity contribution in [3.63, 3.8) is 0 Å². The van der Waals surface area contributed by atoms with E-state index in [4.69, 9.17) is 4.42 Å². The molecular weight excluding hydrogens is 284 g/mol. The summed E-state index contributed by atoms with van der Waals surface area (Å²) in [5.41, 5.74) is 3.75. The molecule has 2 aromatic carbocycles. The van der Waals surface area contributed by atoms with Crippen molar-refractivity contribution >= 4 is 11.0 Å². The molecule has 0 radical (unpaired) electrons. The lowest BCUT2D eigenvalue weighted by Crippen LogP contribution is -2.45. The fraction of sp³-hybridized carbons (Fsp3) is 0.300. The lowest BCUT2D eigenvalue weighted by atomic mass is 10.1. The maximum atomic E-state index is 5.41. The van der Waals surface area contributed by atoms with E-state index in [2.05, 4.69) is 58.3 Å². The van der Waals surface area contributed by atoms with Crippen molar-refractivity contribution in [1.29, 1.82) is 0 Å². The third-order valence-electron chi connectivity index (χ3n) is 4.64. The first kappa shape index (κ1) is 14.5. The van der Waals surface area contributed by atoms with Gasteiger partial charge in [-0.15, -0.1) is 0 Å². The summed E-state index contributed by atoms with van der Waals surface area (Å²) in [6, 6.07) is 19.3. The number of benzene rings is 2. The van der Waals surface area contributed by atoms with E-state index in [1.54, 1.807) is 6.26 Å². The van der Waals surface area contributed by atoms with Crippen LogP contribution in [0.4, 0.5) is 0 Å². The third kappa shape index (κ3) is 3.46. The highest BCUT2D eigenvalue weighted by Gasteiger charge is 2.17. The van der Waals surface area contributed by atoms with Crippen LogP contribution >= 0.6 is 0 Å². The predicted molar refractivity (Wildman–Crippen MR) is 93.2 cm³/mol. The Morgan fingerprint density at radius 3 is 2.17 bits per heavy atom. The summed E-state index contributed by atoms with van der Waals surface area (Å²) in [7, 11) is 0. The molecule has 1 aromatic heterocycles. The van der Waals surface area contributed by atoms with Gasteiger partial charge in [0.05, 0.1) is 6.26 Å². The molecule has 0 saturated carbocycles. The molecule has 23 heavy (non-hydrogen) atoms. The summed E-state index contributed by atoms with van der Waals surface area (Å²) in [6.07, 6.45) is 1.76. The fourth-order valence-corrected chi connectivity index (χ4v) is 3.32. The molecule has 0 bridgehead atoms. The average molecular weight is 306 g/mol. The monoisotopic (exact) mass is 306 g/mol. The highest BCUT2D eigenvalue weighted by molar-refractivity contribution is 5.77. The lowest BCUT2D eigenvalue weighted by molar-refractivity contribution is 0.122. The molecule has 3 heteroatoms. The van der Waals surface area contributed by atoms with Crippen molar-refractivity contribution in [2.24, 2.45) is 0 Å². The van der Waals surface area contributed by atoms with E-state index in [-0.39, 0.29) is 0 Å². The van der Waals surface area contributed by atoms with Crippen LogP contribution in [-0.4, -0.2) is 36.0 Å². The van der Waals surface area contributed by atoms with E-state index in [0.29, 0.717) is 0 Å². The van der Waals surface area contributed by atoms with Gasteiger partial charge in [0, 0.05) is 44.7 Å². The number of fused-ring (bicyclic) bond motifs is 1. The second kappa shape index (κ2) is 6.57. The molecule has 0 N–H and O–H groups in total. The van der Waals surface area contributed by atoms with Crippen molar-refractivity contribution < 1.29 is 4.42 Å². The number of hydrogen-bond acceptors (Lipinski definition) is 3. The summed E-state index contributed by atoms with van der Waals surface area (Å²) >= 11 is 0. The van der Waals surface area contributed by atoms with Crippen LogP contribution in [0.1, 0.15) is 11.1 Å². The number of piperazine rings is 1.